The van der Waals surface area contributed by atoms with Gasteiger partial charge in [-0.05, 0) is 18.6 Å². The fraction of sp³-hybridized carbons (Fsp3) is 0.571. The van der Waals surface area contributed by atoms with Crippen molar-refractivity contribution in [3.05, 3.63) is 34.9 Å². The second-order valence-electron chi connectivity index (χ2n) is 5.21. The van der Waals surface area contributed by atoms with Crippen molar-refractivity contribution in [3.63, 3.8) is 0 Å². The first kappa shape index (κ1) is 19.1. The van der Waals surface area contributed by atoms with Gasteiger partial charge in [-0.1, -0.05) is 6.07 Å². The van der Waals surface area contributed by atoms with Crippen LogP contribution in [0.3, 0.4) is 0 Å². The summed E-state index contributed by atoms with van der Waals surface area (Å²) < 4.78 is 66.6. The average Bonchev–Trinajstić information content (AvgIpc) is 2.42. The summed E-state index contributed by atoms with van der Waals surface area (Å²) in [5.41, 5.74) is -0.331. The van der Waals surface area contributed by atoms with Crippen molar-refractivity contribution in [1.82, 2.24) is 10.2 Å². The number of piperazine rings is 1. The van der Waals surface area contributed by atoms with Crippen LogP contribution in [0.5, 0.6) is 0 Å². The van der Waals surface area contributed by atoms with E-state index in [9.17, 15) is 22.0 Å². The van der Waals surface area contributed by atoms with E-state index >= 15 is 0 Å². The monoisotopic (exact) mass is 344 g/mol. The number of hydrogen-bond donors (Lipinski definition) is 1. The Morgan fingerprint density at radius 2 is 1.77 bits per heavy atom. The minimum Gasteiger partial charge on any atom is -0.314 e. The number of nitrogens with one attached hydrogen (secondary N) is 1. The maximum absolute atomic E-state index is 14.2. The molecule has 8 heteroatoms. The first-order valence-electron chi connectivity index (χ1n) is 6.75. The predicted octanol–water partition coefficient (Wildman–Crippen LogP) is 3.59. The van der Waals surface area contributed by atoms with E-state index in [1.807, 2.05) is 0 Å². The molecule has 2 nitrogen and oxygen atoms in total. The SMILES string of the molecule is Cc1ccc(F)c([C@H](CC(F)(F)F)N2CCNCC2)c1F.Cl. The molecule has 1 N–H and O–H groups in total. The van der Waals surface area contributed by atoms with E-state index in [4.69, 9.17) is 0 Å². The molecule has 0 radical (unpaired) electrons. The van der Waals surface area contributed by atoms with E-state index in [0.717, 1.165) is 6.07 Å². The third-order valence-electron chi connectivity index (χ3n) is 3.67. The summed E-state index contributed by atoms with van der Waals surface area (Å²) in [5.74, 6) is -1.81. The largest absolute Gasteiger partial charge is 0.390 e. The van der Waals surface area contributed by atoms with Crippen LogP contribution in [0.4, 0.5) is 22.0 Å². The summed E-state index contributed by atoms with van der Waals surface area (Å²) in [4.78, 5) is 1.49. The Balaban J connectivity index is 0.00000242. The van der Waals surface area contributed by atoms with Gasteiger partial charge >= 0.3 is 6.18 Å². The average molecular weight is 345 g/mol. The van der Waals surface area contributed by atoms with Gasteiger partial charge in [-0.15, -0.1) is 12.4 Å². The lowest BCUT2D eigenvalue weighted by Gasteiger charge is -2.36. The van der Waals surface area contributed by atoms with Gasteiger partial charge in [0.15, 0.2) is 0 Å². The summed E-state index contributed by atoms with van der Waals surface area (Å²) in [6.45, 7) is 3.08. The van der Waals surface area contributed by atoms with Crippen LogP contribution in [0.1, 0.15) is 23.6 Å². The molecule has 22 heavy (non-hydrogen) atoms. The summed E-state index contributed by atoms with van der Waals surface area (Å²) >= 11 is 0. The van der Waals surface area contributed by atoms with Crippen molar-refractivity contribution in [2.45, 2.75) is 25.6 Å². The summed E-state index contributed by atoms with van der Waals surface area (Å²) in [7, 11) is 0. The van der Waals surface area contributed by atoms with Crippen LogP contribution in [0.25, 0.3) is 0 Å². The summed E-state index contributed by atoms with van der Waals surface area (Å²) in [6.07, 6.45) is -5.75. The highest BCUT2D eigenvalue weighted by Crippen LogP contribution is 2.37. The third kappa shape index (κ3) is 4.54. The van der Waals surface area contributed by atoms with Crippen LogP contribution in [-0.4, -0.2) is 37.3 Å². The molecule has 0 aliphatic carbocycles. The van der Waals surface area contributed by atoms with Crippen LogP contribution in [0, 0.1) is 18.6 Å². The van der Waals surface area contributed by atoms with Gasteiger partial charge in [0.2, 0.25) is 0 Å². The van der Waals surface area contributed by atoms with Crippen molar-refractivity contribution >= 4 is 12.4 Å². The van der Waals surface area contributed by atoms with Crippen LogP contribution in [-0.2, 0) is 0 Å². The number of nitrogens with zero attached hydrogens (tertiary/aromatic N) is 1. The normalized spacial score (nSPS) is 17.9. The molecular formula is C14H18ClF5N2. The van der Waals surface area contributed by atoms with E-state index in [0.29, 0.717) is 26.2 Å². The molecule has 2 rings (SSSR count). The Kier molecular flexibility index (Phi) is 6.58. The van der Waals surface area contributed by atoms with Crippen molar-refractivity contribution in [1.29, 1.82) is 0 Å². The Hall–Kier alpha value is -0.920. The molecular weight excluding hydrogens is 327 g/mol. The molecule has 1 saturated heterocycles. The fourth-order valence-electron chi connectivity index (χ4n) is 2.61. The lowest BCUT2D eigenvalue weighted by Crippen LogP contribution is -2.46. The number of hydrogen-bond acceptors (Lipinski definition) is 2. The fourth-order valence-corrected chi connectivity index (χ4v) is 2.61. The molecule has 1 atom stereocenters. The highest BCUT2D eigenvalue weighted by atomic mass is 35.5. The Morgan fingerprint density at radius 3 is 2.32 bits per heavy atom. The quantitative estimate of drug-likeness (QED) is 0.843. The molecule has 0 amide bonds. The van der Waals surface area contributed by atoms with Crippen molar-refractivity contribution < 1.29 is 22.0 Å². The van der Waals surface area contributed by atoms with Gasteiger partial charge in [-0.25, -0.2) is 8.78 Å². The van der Waals surface area contributed by atoms with E-state index in [1.54, 1.807) is 0 Å². The zero-order valence-corrected chi connectivity index (χ0v) is 12.8. The van der Waals surface area contributed by atoms with Crippen LogP contribution in [0.2, 0.25) is 0 Å². The number of alkyl halides is 3. The smallest absolute Gasteiger partial charge is 0.314 e. The Bertz CT molecular complexity index is 501. The predicted molar refractivity (Wildman–Crippen MR) is 76.2 cm³/mol. The highest BCUT2D eigenvalue weighted by Gasteiger charge is 2.38. The van der Waals surface area contributed by atoms with Crippen molar-refractivity contribution in [2.75, 3.05) is 26.2 Å². The molecule has 1 fully saturated rings. The third-order valence-corrected chi connectivity index (χ3v) is 3.67. The standard InChI is InChI=1S/C14H17F5N2.ClH/c1-9-2-3-10(15)12(13(9)16)11(8-14(17,18)19)21-6-4-20-5-7-21;/h2-3,11,20H,4-8H2,1H3;1H/t11-;/m0./s1. The second kappa shape index (κ2) is 7.57. The van der Waals surface area contributed by atoms with E-state index in [-0.39, 0.29) is 18.0 Å². The highest BCUT2D eigenvalue weighted by molar-refractivity contribution is 5.85. The molecule has 0 unspecified atom stereocenters. The van der Waals surface area contributed by atoms with Crippen LogP contribution >= 0.6 is 12.4 Å². The second-order valence-corrected chi connectivity index (χ2v) is 5.21. The van der Waals surface area contributed by atoms with Gasteiger partial charge < -0.3 is 5.32 Å². The molecule has 0 aromatic heterocycles. The molecule has 0 saturated carbocycles. The molecule has 1 aromatic rings. The minimum absolute atomic E-state index is 0. The lowest BCUT2D eigenvalue weighted by molar-refractivity contribution is -0.149. The lowest BCUT2D eigenvalue weighted by atomic mass is 9.97. The van der Waals surface area contributed by atoms with Crippen molar-refractivity contribution in [3.8, 4) is 0 Å². The summed E-state index contributed by atoms with van der Waals surface area (Å²) in [6, 6.07) is 0.933. The van der Waals surface area contributed by atoms with Gasteiger partial charge in [0.25, 0.3) is 0 Å². The zero-order chi connectivity index (χ0) is 15.6. The van der Waals surface area contributed by atoms with Gasteiger partial charge in [-0.3, -0.25) is 4.90 Å². The number of aryl methyl sites for hydroxylation is 1. The van der Waals surface area contributed by atoms with E-state index < -0.39 is 35.8 Å². The van der Waals surface area contributed by atoms with Crippen molar-refractivity contribution in [2.24, 2.45) is 0 Å². The molecule has 1 aromatic carbocycles. The van der Waals surface area contributed by atoms with E-state index in [1.165, 1.54) is 17.9 Å². The minimum atomic E-state index is -4.49. The molecule has 1 aliphatic heterocycles. The first-order chi connectivity index (χ1) is 9.79. The van der Waals surface area contributed by atoms with Gasteiger partial charge in [0.1, 0.15) is 11.6 Å². The maximum atomic E-state index is 14.2. The Morgan fingerprint density at radius 1 is 1.18 bits per heavy atom. The van der Waals surface area contributed by atoms with Crippen LogP contribution in [0.15, 0.2) is 12.1 Å². The van der Waals surface area contributed by atoms with Gasteiger partial charge in [0, 0.05) is 37.8 Å². The molecule has 1 heterocycles. The number of benzene rings is 1. The number of rotatable bonds is 3. The van der Waals surface area contributed by atoms with E-state index in [2.05, 4.69) is 5.32 Å². The topological polar surface area (TPSA) is 15.3 Å². The molecule has 1 aliphatic rings. The van der Waals surface area contributed by atoms with Gasteiger partial charge in [-0.2, -0.15) is 13.2 Å². The zero-order valence-electron chi connectivity index (χ0n) is 12.0. The maximum Gasteiger partial charge on any atom is 0.390 e. The van der Waals surface area contributed by atoms with Crippen LogP contribution < -0.4 is 5.32 Å². The summed E-state index contributed by atoms with van der Waals surface area (Å²) in [5, 5.41) is 3.01. The molecule has 0 bridgehead atoms. The number of halogens is 6. The van der Waals surface area contributed by atoms with Gasteiger partial charge in [0.05, 0.1) is 6.42 Å². The molecule has 0 spiro atoms. The molecule has 126 valence electrons. The Labute approximate surface area is 132 Å². The first-order valence-corrected chi connectivity index (χ1v) is 6.75.